The summed E-state index contributed by atoms with van der Waals surface area (Å²) in [6.07, 6.45) is -0.396. The molecule has 1 unspecified atom stereocenters. The monoisotopic (exact) mass is 148 g/mol. The Balaban J connectivity index is 3.45. The minimum absolute atomic E-state index is 0.261. The van der Waals surface area contributed by atoms with E-state index in [0.717, 1.165) is 0 Å². The van der Waals surface area contributed by atoms with E-state index in [-0.39, 0.29) is 5.97 Å². The molecular weight excluding hydrogens is 136 g/mol. The topological polar surface area (TPSA) is 35.5 Å². The quantitative estimate of drug-likeness (QED) is 0.493. The third-order valence-corrected chi connectivity index (χ3v) is 1.35. The normalized spacial score (nSPS) is 13.1. The number of hydrogen-bond donors (Lipinski definition) is 0. The first kappa shape index (κ1) is 8.65. The van der Waals surface area contributed by atoms with Crippen LogP contribution in [0.5, 0.6) is 0 Å². The maximum Gasteiger partial charge on any atom is 0.320 e. The van der Waals surface area contributed by atoms with Crippen LogP contribution >= 0.6 is 0 Å². The highest BCUT2D eigenvalue weighted by Crippen LogP contribution is 1.91. The predicted octanol–water partition coefficient (Wildman–Crippen LogP) is -0.765. The lowest BCUT2D eigenvalue weighted by molar-refractivity contribution is -0.145. The fourth-order valence-electron chi connectivity index (χ4n) is 0.484. The lowest BCUT2D eigenvalue weighted by Crippen LogP contribution is -2.22. The van der Waals surface area contributed by atoms with Crippen molar-refractivity contribution in [2.24, 2.45) is 0 Å². The summed E-state index contributed by atoms with van der Waals surface area (Å²) in [5, 5.41) is 0. The average molecular weight is 148 g/mol. The van der Waals surface area contributed by atoms with Gasteiger partial charge in [0.2, 0.25) is 10.5 Å². The van der Waals surface area contributed by atoms with Gasteiger partial charge in [0, 0.05) is 6.61 Å². The number of rotatable bonds is 3. The van der Waals surface area contributed by atoms with E-state index >= 15 is 0 Å². The molecule has 0 heterocycles. The van der Waals surface area contributed by atoms with Gasteiger partial charge in [-0.1, -0.05) is 0 Å². The van der Waals surface area contributed by atoms with E-state index < -0.39 is 6.10 Å². The minimum Gasteiger partial charge on any atom is -0.527 e. The second-order valence-electron chi connectivity index (χ2n) is 1.62. The Morgan fingerprint density at radius 3 is 2.67 bits per heavy atom. The average Bonchev–Trinajstić information content (AvgIpc) is 1.87. The van der Waals surface area contributed by atoms with Crippen molar-refractivity contribution in [2.45, 2.75) is 20.0 Å². The zero-order valence-corrected chi connectivity index (χ0v) is 8.01. The van der Waals surface area contributed by atoms with Crippen LogP contribution in [0, 0.1) is 0 Å². The molecular formula is C5H12O3Si. The third kappa shape index (κ3) is 3.26. The highest BCUT2D eigenvalue weighted by molar-refractivity contribution is 6.06. The largest absolute Gasteiger partial charge is 0.527 e. The summed E-state index contributed by atoms with van der Waals surface area (Å²) in [6.45, 7) is 4.08. The van der Waals surface area contributed by atoms with Crippen LogP contribution in [0.25, 0.3) is 0 Å². The van der Waals surface area contributed by atoms with E-state index in [1.165, 1.54) is 0 Å². The lowest BCUT2D eigenvalue weighted by Gasteiger charge is -2.07. The molecule has 54 valence electrons. The molecule has 0 bridgehead atoms. The molecule has 4 heteroatoms. The van der Waals surface area contributed by atoms with Crippen molar-refractivity contribution in [1.82, 2.24) is 0 Å². The third-order valence-electron chi connectivity index (χ3n) is 0.950. The molecule has 0 amide bonds. The molecule has 0 aliphatic rings. The molecule has 1 atom stereocenters. The summed E-state index contributed by atoms with van der Waals surface area (Å²) in [4.78, 5) is 10.6. The van der Waals surface area contributed by atoms with E-state index in [9.17, 15) is 4.79 Å². The standard InChI is InChI=1S/C5H12O3Si/c1-3-7-4(2)5(6)8-9/h4H,3H2,1-2,9H3. The van der Waals surface area contributed by atoms with Crippen LogP contribution < -0.4 is 0 Å². The second-order valence-corrected chi connectivity index (χ2v) is 2.03. The Morgan fingerprint density at radius 1 is 1.78 bits per heavy atom. The van der Waals surface area contributed by atoms with Crippen LogP contribution in [0.15, 0.2) is 0 Å². The van der Waals surface area contributed by atoms with Crippen LogP contribution in [0.4, 0.5) is 0 Å². The highest BCUT2D eigenvalue weighted by Gasteiger charge is 2.10. The minimum atomic E-state index is -0.396. The number of hydrogen-bond acceptors (Lipinski definition) is 3. The molecule has 0 spiro atoms. The fourth-order valence-corrected chi connectivity index (χ4v) is 0.816. The maximum absolute atomic E-state index is 10.6. The highest BCUT2D eigenvalue weighted by atomic mass is 28.2. The molecule has 0 radical (unpaired) electrons. The number of ether oxygens (including phenoxy) is 1. The van der Waals surface area contributed by atoms with Gasteiger partial charge in [0.1, 0.15) is 0 Å². The molecule has 9 heavy (non-hydrogen) atoms. The first-order valence-electron chi connectivity index (χ1n) is 2.91. The summed E-state index contributed by atoms with van der Waals surface area (Å²) in [7, 11) is 0.448. The zero-order chi connectivity index (χ0) is 7.28. The Labute approximate surface area is 57.9 Å². The van der Waals surface area contributed by atoms with E-state index in [4.69, 9.17) is 4.74 Å². The van der Waals surface area contributed by atoms with Gasteiger partial charge in [0.05, 0.1) is 0 Å². The van der Waals surface area contributed by atoms with Gasteiger partial charge >= 0.3 is 5.97 Å². The van der Waals surface area contributed by atoms with E-state index in [1.54, 1.807) is 6.92 Å². The summed E-state index contributed by atoms with van der Waals surface area (Å²) >= 11 is 0. The van der Waals surface area contributed by atoms with Gasteiger partial charge in [-0.05, 0) is 13.8 Å². The summed E-state index contributed by atoms with van der Waals surface area (Å²) in [5.74, 6) is -0.261. The predicted molar refractivity (Wildman–Crippen MR) is 37.1 cm³/mol. The van der Waals surface area contributed by atoms with Gasteiger partial charge in [-0.25, -0.2) is 0 Å². The van der Waals surface area contributed by atoms with Crippen LogP contribution in [-0.2, 0) is 14.0 Å². The van der Waals surface area contributed by atoms with Crippen LogP contribution in [-0.4, -0.2) is 29.2 Å². The van der Waals surface area contributed by atoms with Crippen LogP contribution in [0.2, 0.25) is 0 Å². The van der Waals surface area contributed by atoms with Crippen molar-refractivity contribution < 1.29 is 14.0 Å². The van der Waals surface area contributed by atoms with Crippen LogP contribution in [0.1, 0.15) is 13.8 Å². The van der Waals surface area contributed by atoms with Gasteiger partial charge in [-0.15, -0.1) is 0 Å². The fraction of sp³-hybridized carbons (Fsp3) is 0.800. The van der Waals surface area contributed by atoms with E-state index in [0.29, 0.717) is 17.1 Å². The molecule has 0 aromatic carbocycles. The lowest BCUT2D eigenvalue weighted by atomic mass is 10.4. The first-order valence-corrected chi connectivity index (χ1v) is 3.73. The summed E-state index contributed by atoms with van der Waals surface area (Å²) in [6, 6.07) is 0. The number of carbonyl (C=O) groups is 1. The van der Waals surface area contributed by atoms with Gasteiger partial charge < -0.3 is 9.16 Å². The van der Waals surface area contributed by atoms with Crippen molar-refractivity contribution in [2.75, 3.05) is 6.61 Å². The van der Waals surface area contributed by atoms with Crippen molar-refractivity contribution >= 4 is 16.5 Å². The summed E-state index contributed by atoms with van der Waals surface area (Å²) < 4.78 is 9.48. The Morgan fingerprint density at radius 2 is 2.33 bits per heavy atom. The molecule has 0 rings (SSSR count). The summed E-state index contributed by atoms with van der Waals surface area (Å²) in [5.41, 5.74) is 0. The van der Waals surface area contributed by atoms with Crippen molar-refractivity contribution in [3.8, 4) is 0 Å². The molecule has 0 aliphatic heterocycles. The molecule has 0 aromatic rings. The van der Waals surface area contributed by atoms with Crippen molar-refractivity contribution in [3.63, 3.8) is 0 Å². The molecule has 3 nitrogen and oxygen atoms in total. The molecule has 0 fully saturated rings. The second kappa shape index (κ2) is 4.52. The number of carbonyl (C=O) groups excluding carboxylic acids is 1. The van der Waals surface area contributed by atoms with E-state index in [2.05, 4.69) is 4.43 Å². The first-order chi connectivity index (χ1) is 4.22. The maximum atomic E-state index is 10.6. The SMILES string of the molecule is CCOC(C)C(=O)O[SiH3]. The molecule has 0 saturated carbocycles. The van der Waals surface area contributed by atoms with Crippen LogP contribution in [0.3, 0.4) is 0 Å². The van der Waals surface area contributed by atoms with Crippen molar-refractivity contribution in [1.29, 1.82) is 0 Å². The smallest absolute Gasteiger partial charge is 0.320 e. The van der Waals surface area contributed by atoms with E-state index in [1.807, 2.05) is 6.92 Å². The Kier molecular flexibility index (Phi) is 4.34. The zero-order valence-electron chi connectivity index (χ0n) is 6.01. The van der Waals surface area contributed by atoms with Crippen molar-refractivity contribution in [3.05, 3.63) is 0 Å². The molecule has 0 saturated heterocycles. The molecule has 0 aromatic heterocycles. The Bertz CT molecular complexity index is 94.2. The Hall–Kier alpha value is -0.353. The molecule has 0 N–H and O–H groups in total. The molecule has 0 aliphatic carbocycles. The van der Waals surface area contributed by atoms with Gasteiger partial charge in [-0.3, -0.25) is 4.79 Å². The van der Waals surface area contributed by atoms with Gasteiger partial charge in [0.25, 0.3) is 0 Å². The van der Waals surface area contributed by atoms with Gasteiger partial charge in [0.15, 0.2) is 6.10 Å². The van der Waals surface area contributed by atoms with Gasteiger partial charge in [-0.2, -0.15) is 0 Å².